The average Bonchev–Trinajstić information content (AvgIpc) is 1.98. The molecular formula is C9H14O5. The molecular weight excluding hydrogens is 188 g/mol. The van der Waals surface area contributed by atoms with Crippen LogP contribution in [0, 0.1) is 0 Å². The lowest BCUT2D eigenvalue weighted by atomic mass is 9.75. The third-order valence-electron chi connectivity index (χ3n) is 2.43. The molecule has 0 amide bonds. The molecule has 0 fully saturated rings. The fraction of sp³-hybridized carbons (Fsp3) is 0.667. The summed E-state index contributed by atoms with van der Waals surface area (Å²) in [6, 6.07) is 0. The molecule has 0 spiro atoms. The Morgan fingerprint density at radius 1 is 1.50 bits per heavy atom. The largest absolute Gasteiger partial charge is 0.478 e. The lowest BCUT2D eigenvalue weighted by molar-refractivity contribution is -0.153. The van der Waals surface area contributed by atoms with E-state index in [1.165, 1.54) is 13.8 Å². The van der Waals surface area contributed by atoms with Gasteiger partial charge in [-0.05, 0) is 19.9 Å². The summed E-state index contributed by atoms with van der Waals surface area (Å²) in [6.07, 6.45) is -0.504. The molecule has 0 saturated carbocycles. The van der Waals surface area contributed by atoms with Gasteiger partial charge < -0.3 is 20.4 Å². The van der Waals surface area contributed by atoms with Crippen molar-refractivity contribution in [2.45, 2.75) is 37.6 Å². The predicted molar refractivity (Wildman–Crippen MR) is 47.6 cm³/mol. The highest BCUT2D eigenvalue weighted by atomic mass is 16.4. The summed E-state index contributed by atoms with van der Waals surface area (Å²) in [4.78, 5) is 10.7. The third-order valence-corrected chi connectivity index (χ3v) is 2.43. The van der Waals surface area contributed by atoms with Crippen LogP contribution in [0.2, 0.25) is 0 Å². The van der Waals surface area contributed by atoms with Gasteiger partial charge in [0.05, 0.1) is 5.60 Å². The Morgan fingerprint density at radius 2 is 2.00 bits per heavy atom. The quantitative estimate of drug-likeness (QED) is 0.449. The molecule has 1 rings (SSSR count). The normalized spacial score (nSPS) is 43.2. The summed E-state index contributed by atoms with van der Waals surface area (Å²) >= 11 is 0. The molecule has 0 aliphatic heterocycles. The van der Waals surface area contributed by atoms with Gasteiger partial charge in [-0.15, -0.1) is 0 Å². The van der Waals surface area contributed by atoms with Crippen LogP contribution in [-0.2, 0) is 4.79 Å². The first-order valence-electron chi connectivity index (χ1n) is 4.24. The van der Waals surface area contributed by atoms with Crippen molar-refractivity contribution in [3.63, 3.8) is 0 Å². The van der Waals surface area contributed by atoms with Gasteiger partial charge in [0.1, 0.15) is 11.7 Å². The zero-order valence-electron chi connectivity index (χ0n) is 8.06. The maximum Gasteiger partial charge on any atom is 0.331 e. The van der Waals surface area contributed by atoms with Gasteiger partial charge in [-0.3, -0.25) is 0 Å². The molecule has 0 aromatic carbocycles. The zero-order chi connectivity index (χ0) is 11.1. The Morgan fingerprint density at radius 3 is 2.36 bits per heavy atom. The average molecular weight is 202 g/mol. The molecule has 0 heterocycles. The first-order chi connectivity index (χ1) is 6.17. The Kier molecular flexibility index (Phi) is 2.43. The van der Waals surface area contributed by atoms with Crippen LogP contribution in [0.3, 0.4) is 0 Å². The van der Waals surface area contributed by atoms with Crippen LogP contribution in [0.1, 0.15) is 20.3 Å². The van der Waals surface area contributed by atoms with Crippen LogP contribution in [0.25, 0.3) is 0 Å². The van der Waals surface area contributed by atoms with E-state index in [-0.39, 0.29) is 12.0 Å². The van der Waals surface area contributed by atoms with Crippen LogP contribution in [0.5, 0.6) is 0 Å². The maximum atomic E-state index is 10.7. The van der Waals surface area contributed by atoms with Gasteiger partial charge in [-0.25, -0.2) is 4.79 Å². The van der Waals surface area contributed by atoms with Crippen LogP contribution in [-0.4, -0.2) is 43.7 Å². The van der Waals surface area contributed by atoms with E-state index in [0.717, 1.165) is 6.08 Å². The van der Waals surface area contributed by atoms with Crippen LogP contribution >= 0.6 is 0 Å². The number of carboxylic acids is 1. The number of aliphatic carboxylic acids is 1. The lowest BCUT2D eigenvalue weighted by Gasteiger charge is -2.41. The number of aliphatic hydroxyl groups excluding tert-OH is 1. The molecule has 1 aliphatic carbocycles. The number of hydrogen-bond donors (Lipinski definition) is 4. The molecule has 0 saturated heterocycles. The monoisotopic (exact) mass is 202 g/mol. The second-order valence-electron chi connectivity index (χ2n) is 4.14. The minimum Gasteiger partial charge on any atom is -0.478 e. The fourth-order valence-corrected chi connectivity index (χ4v) is 1.73. The molecule has 3 atom stereocenters. The number of carbonyl (C=O) groups is 1. The topological polar surface area (TPSA) is 98.0 Å². The van der Waals surface area contributed by atoms with Crippen molar-refractivity contribution in [3.05, 3.63) is 11.6 Å². The predicted octanol–water partition coefficient (Wildman–Crippen LogP) is -0.736. The summed E-state index contributed by atoms with van der Waals surface area (Å²) in [6.45, 7) is 2.55. The molecule has 0 aromatic heterocycles. The maximum absolute atomic E-state index is 10.7. The first kappa shape index (κ1) is 11.2. The smallest absolute Gasteiger partial charge is 0.331 e. The Balaban J connectivity index is 3.12. The number of aliphatic hydroxyl groups is 3. The molecule has 14 heavy (non-hydrogen) atoms. The zero-order valence-corrected chi connectivity index (χ0v) is 8.06. The van der Waals surface area contributed by atoms with Crippen molar-refractivity contribution in [2.24, 2.45) is 0 Å². The van der Waals surface area contributed by atoms with Crippen molar-refractivity contribution in [3.8, 4) is 0 Å². The van der Waals surface area contributed by atoms with Gasteiger partial charge >= 0.3 is 5.97 Å². The summed E-state index contributed by atoms with van der Waals surface area (Å²) < 4.78 is 0. The highest BCUT2D eigenvalue weighted by Crippen LogP contribution is 2.34. The standard InChI is InChI=1S/C9H14O5/c1-8(13)3-5(6(10)11)4-9(2,14)7(8)12/h3,7,12-14H,4H2,1-2H3,(H,10,11). The number of carboxylic acid groups (broad SMARTS) is 1. The van der Waals surface area contributed by atoms with Gasteiger partial charge in [0.2, 0.25) is 0 Å². The minimum absolute atomic E-state index is 0.0923. The third kappa shape index (κ3) is 1.79. The van der Waals surface area contributed by atoms with Gasteiger partial charge in [-0.1, -0.05) is 0 Å². The highest BCUT2D eigenvalue weighted by Gasteiger charge is 2.47. The molecule has 80 valence electrons. The van der Waals surface area contributed by atoms with E-state index < -0.39 is 23.3 Å². The van der Waals surface area contributed by atoms with Crippen molar-refractivity contribution in [2.75, 3.05) is 0 Å². The Hall–Kier alpha value is -0.910. The highest BCUT2D eigenvalue weighted by molar-refractivity contribution is 5.87. The van der Waals surface area contributed by atoms with E-state index in [1.807, 2.05) is 0 Å². The molecule has 0 aromatic rings. The molecule has 4 N–H and O–H groups in total. The fourth-order valence-electron chi connectivity index (χ4n) is 1.73. The summed E-state index contributed by atoms with van der Waals surface area (Å²) in [5, 5.41) is 37.6. The van der Waals surface area contributed by atoms with Gasteiger partial charge in [0.15, 0.2) is 0 Å². The van der Waals surface area contributed by atoms with Gasteiger partial charge in [0.25, 0.3) is 0 Å². The SMILES string of the molecule is CC1(O)C=C(C(=O)O)CC(C)(O)C1O. The second kappa shape index (κ2) is 3.05. The molecule has 5 nitrogen and oxygen atoms in total. The molecule has 0 bridgehead atoms. The van der Waals surface area contributed by atoms with Crippen LogP contribution < -0.4 is 0 Å². The van der Waals surface area contributed by atoms with E-state index in [1.54, 1.807) is 0 Å². The van der Waals surface area contributed by atoms with Crippen molar-refractivity contribution >= 4 is 5.97 Å². The van der Waals surface area contributed by atoms with Crippen LogP contribution in [0.4, 0.5) is 0 Å². The summed E-state index contributed by atoms with van der Waals surface area (Å²) in [5.74, 6) is -1.20. The summed E-state index contributed by atoms with van der Waals surface area (Å²) in [5.41, 5.74) is -3.42. The van der Waals surface area contributed by atoms with E-state index in [0.29, 0.717) is 0 Å². The molecule has 5 heteroatoms. The van der Waals surface area contributed by atoms with E-state index in [4.69, 9.17) is 5.11 Å². The number of hydrogen-bond acceptors (Lipinski definition) is 4. The Bertz CT molecular complexity index is 290. The molecule has 3 unspecified atom stereocenters. The molecule has 1 aliphatic rings. The first-order valence-corrected chi connectivity index (χ1v) is 4.24. The van der Waals surface area contributed by atoms with E-state index in [9.17, 15) is 20.1 Å². The van der Waals surface area contributed by atoms with Gasteiger partial charge in [-0.2, -0.15) is 0 Å². The number of rotatable bonds is 1. The van der Waals surface area contributed by atoms with Crippen molar-refractivity contribution in [1.82, 2.24) is 0 Å². The van der Waals surface area contributed by atoms with E-state index >= 15 is 0 Å². The second-order valence-corrected chi connectivity index (χ2v) is 4.14. The summed E-state index contributed by atoms with van der Waals surface area (Å²) in [7, 11) is 0. The van der Waals surface area contributed by atoms with Crippen molar-refractivity contribution in [1.29, 1.82) is 0 Å². The van der Waals surface area contributed by atoms with Crippen molar-refractivity contribution < 1.29 is 25.2 Å². The van der Waals surface area contributed by atoms with E-state index in [2.05, 4.69) is 0 Å². The molecule has 0 radical (unpaired) electrons. The van der Waals surface area contributed by atoms with Gasteiger partial charge in [0, 0.05) is 12.0 Å². The Labute approximate surface area is 81.3 Å². The van der Waals surface area contributed by atoms with Crippen LogP contribution in [0.15, 0.2) is 11.6 Å². The lowest BCUT2D eigenvalue weighted by Crippen LogP contribution is -2.56. The minimum atomic E-state index is -1.71.